The lowest BCUT2D eigenvalue weighted by Gasteiger charge is -2.39. The highest BCUT2D eigenvalue weighted by atomic mass is 19.1. The molecule has 0 atom stereocenters. The van der Waals surface area contributed by atoms with Crippen molar-refractivity contribution in [1.29, 1.82) is 0 Å². The second-order valence-electron chi connectivity index (χ2n) is 8.80. The van der Waals surface area contributed by atoms with Crippen LogP contribution in [0.25, 0.3) is 38.9 Å². The summed E-state index contributed by atoms with van der Waals surface area (Å²) in [5, 5.41) is 14.9. The highest BCUT2D eigenvalue weighted by molar-refractivity contribution is 5.91. The van der Waals surface area contributed by atoms with E-state index in [0.717, 1.165) is 5.56 Å². The fraction of sp³-hybridized carbons (Fsp3) is 0.200. The summed E-state index contributed by atoms with van der Waals surface area (Å²) in [6.07, 6.45) is 2.39. The number of hydrogen-bond acceptors (Lipinski definition) is 6. The van der Waals surface area contributed by atoms with Crippen LogP contribution < -0.4 is 5.73 Å². The number of pyridine rings is 1. The minimum absolute atomic E-state index is 0.0308. The molecule has 0 unspecified atom stereocenters. The summed E-state index contributed by atoms with van der Waals surface area (Å²) in [6, 6.07) is 14.5. The zero-order valence-electron chi connectivity index (χ0n) is 18.8. The number of nitrogens with two attached hydrogens (primary N) is 1. The van der Waals surface area contributed by atoms with Crippen molar-refractivity contribution in [2.45, 2.75) is 31.3 Å². The van der Waals surface area contributed by atoms with Crippen molar-refractivity contribution in [2.24, 2.45) is 0 Å². The third-order valence-corrected chi connectivity index (χ3v) is 6.26. The van der Waals surface area contributed by atoms with Crippen LogP contribution in [0.2, 0.25) is 0 Å². The summed E-state index contributed by atoms with van der Waals surface area (Å²) >= 11 is 0. The van der Waals surface area contributed by atoms with Crippen molar-refractivity contribution in [1.82, 2.24) is 24.6 Å². The maximum Gasteiger partial charge on any atom is 0.158 e. The summed E-state index contributed by atoms with van der Waals surface area (Å²) in [6.45, 7) is 1.78. The Hall–Kier alpha value is -3.91. The molecule has 2 aromatic carbocycles. The Morgan fingerprint density at radius 2 is 1.94 bits per heavy atom. The van der Waals surface area contributed by atoms with Gasteiger partial charge in [-0.15, -0.1) is 0 Å². The van der Waals surface area contributed by atoms with Crippen LogP contribution in [0, 0.1) is 5.82 Å². The molecular weight excluding hydrogens is 419 g/mol. The van der Waals surface area contributed by atoms with Crippen LogP contribution in [0.15, 0.2) is 60.9 Å². The lowest BCUT2D eigenvalue weighted by Crippen LogP contribution is -2.40. The Labute approximate surface area is 190 Å². The van der Waals surface area contributed by atoms with Crippen molar-refractivity contribution < 1.29 is 10.9 Å². The van der Waals surface area contributed by atoms with E-state index in [1.54, 1.807) is 29.6 Å². The van der Waals surface area contributed by atoms with Gasteiger partial charge >= 0.3 is 0 Å². The number of aromatic nitrogens is 5. The number of fused-ring (bicyclic) bond motifs is 2. The molecule has 0 saturated heterocycles. The zero-order valence-corrected chi connectivity index (χ0v) is 17.8. The molecule has 1 aliphatic rings. The summed E-state index contributed by atoms with van der Waals surface area (Å²) in [5.41, 5.74) is 7.76. The van der Waals surface area contributed by atoms with Crippen LogP contribution in [-0.2, 0) is 0 Å². The minimum atomic E-state index is -0.758. The first-order valence-electron chi connectivity index (χ1n) is 11.2. The SMILES string of the molecule is [2H]c1cc(-c2ccccc2)nc2c(F)c(-c3nc([C@H]4C[C@@](C)(O)C4)n4ncnc(N)c34)ccc12. The molecule has 3 aromatic heterocycles. The standard InChI is InChI=1S/C25H21FN6O/c1-25(33)11-16(12-25)24-31-21(22-23(27)28-13-29-32(22)24)17-9-7-15-8-10-18(30-20(15)19(17)26)14-5-3-2-4-6-14/h2-10,13,16,33H,11-12H2,1H3,(H2,27,28,29)/t16-,25+/i8D. The molecule has 1 fully saturated rings. The molecular formula is C25H21FN6O. The van der Waals surface area contributed by atoms with Gasteiger partial charge in [0.05, 0.1) is 12.7 Å². The van der Waals surface area contributed by atoms with Gasteiger partial charge in [0.2, 0.25) is 0 Å². The Bertz CT molecular complexity index is 1580. The van der Waals surface area contributed by atoms with Gasteiger partial charge in [-0.2, -0.15) is 5.10 Å². The number of nitrogens with zero attached hydrogens (tertiary/aromatic N) is 5. The van der Waals surface area contributed by atoms with E-state index in [1.807, 2.05) is 30.3 Å². The quantitative estimate of drug-likeness (QED) is 0.431. The van der Waals surface area contributed by atoms with Gasteiger partial charge in [-0.3, -0.25) is 0 Å². The highest BCUT2D eigenvalue weighted by Gasteiger charge is 2.42. The van der Waals surface area contributed by atoms with Gasteiger partial charge in [-0.05, 0) is 31.9 Å². The molecule has 3 heterocycles. The van der Waals surface area contributed by atoms with Crippen molar-refractivity contribution in [3.05, 3.63) is 72.5 Å². The Balaban J connectivity index is 1.57. The number of imidazole rings is 1. The summed E-state index contributed by atoms with van der Waals surface area (Å²) < 4.78 is 26.0. The lowest BCUT2D eigenvalue weighted by molar-refractivity contribution is -0.0337. The molecule has 1 aliphatic carbocycles. The molecule has 6 rings (SSSR count). The lowest BCUT2D eigenvalue weighted by atomic mass is 9.72. The van der Waals surface area contributed by atoms with Crippen LogP contribution in [0.4, 0.5) is 10.2 Å². The third-order valence-electron chi connectivity index (χ3n) is 6.26. The van der Waals surface area contributed by atoms with E-state index < -0.39 is 11.4 Å². The van der Waals surface area contributed by atoms with Gasteiger partial charge in [0, 0.05) is 22.4 Å². The fourth-order valence-electron chi connectivity index (χ4n) is 4.64. The second kappa shape index (κ2) is 7.05. The van der Waals surface area contributed by atoms with Gasteiger partial charge < -0.3 is 10.8 Å². The number of benzene rings is 2. The van der Waals surface area contributed by atoms with Gasteiger partial charge in [-0.1, -0.05) is 42.4 Å². The van der Waals surface area contributed by atoms with Gasteiger partial charge in [-0.25, -0.2) is 23.9 Å². The topological polar surface area (TPSA) is 102 Å². The molecule has 7 nitrogen and oxygen atoms in total. The second-order valence-corrected chi connectivity index (χ2v) is 8.80. The number of aliphatic hydroxyl groups is 1. The number of anilines is 1. The number of halogens is 1. The minimum Gasteiger partial charge on any atom is -0.390 e. The molecule has 3 N–H and O–H groups in total. The molecule has 0 aliphatic heterocycles. The van der Waals surface area contributed by atoms with Crippen LogP contribution in [0.3, 0.4) is 0 Å². The largest absolute Gasteiger partial charge is 0.390 e. The van der Waals surface area contributed by atoms with Crippen LogP contribution in [0.1, 0.15) is 32.9 Å². The van der Waals surface area contributed by atoms with Crippen molar-refractivity contribution in [3.63, 3.8) is 0 Å². The van der Waals surface area contributed by atoms with Crippen molar-refractivity contribution in [3.8, 4) is 22.5 Å². The molecule has 164 valence electrons. The molecule has 0 spiro atoms. The van der Waals surface area contributed by atoms with Crippen LogP contribution in [0.5, 0.6) is 0 Å². The summed E-state index contributed by atoms with van der Waals surface area (Å²) in [5.74, 6) is 0.176. The van der Waals surface area contributed by atoms with Crippen LogP contribution in [-0.4, -0.2) is 35.3 Å². The van der Waals surface area contributed by atoms with E-state index in [-0.39, 0.29) is 28.9 Å². The summed E-state index contributed by atoms with van der Waals surface area (Å²) in [7, 11) is 0. The molecule has 5 aromatic rings. The van der Waals surface area contributed by atoms with E-state index in [9.17, 15) is 5.11 Å². The predicted octanol–water partition coefficient (Wildman–Crippen LogP) is 4.36. The number of rotatable bonds is 3. The van der Waals surface area contributed by atoms with Gasteiger partial charge in [0.1, 0.15) is 28.9 Å². The fourth-order valence-corrected chi connectivity index (χ4v) is 4.64. The van der Waals surface area contributed by atoms with Gasteiger partial charge in [0.15, 0.2) is 11.6 Å². The average molecular weight is 441 g/mol. The van der Waals surface area contributed by atoms with Crippen LogP contribution >= 0.6 is 0 Å². The third kappa shape index (κ3) is 3.14. The first kappa shape index (κ1) is 18.6. The molecule has 0 bridgehead atoms. The van der Waals surface area contributed by atoms with E-state index in [0.29, 0.717) is 41.0 Å². The zero-order chi connectivity index (χ0) is 23.6. The first-order valence-corrected chi connectivity index (χ1v) is 10.7. The smallest absolute Gasteiger partial charge is 0.158 e. The predicted molar refractivity (Wildman–Crippen MR) is 124 cm³/mol. The normalized spacial score (nSPS) is 20.7. The van der Waals surface area contributed by atoms with Crippen molar-refractivity contribution in [2.75, 3.05) is 5.73 Å². The molecule has 1 saturated carbocycles. The van der Waals surface area contributed by atoms with E-state index in [4.69, 9.17) is 12.1 Å². The first-order chi connectivity index (χ1) is 16.3. The monoisotopic (exact) mass is 441 g/mol. The molecule has 8 heteroatoms. The Morgan fingerprint density at radius 3 is 2.70 bits per heavy atom. The summed E-state index contributed by atoms with van der Waals surface area (Å²) in [4.78, 5) is 13.4. The average Bonchev–Trinajstić information content (AvgIpc) is 3.19. The molecule has 33 heavy (non-hydrogen) atoms. The van der Waals surface area contributed by atoms with Gasteiger partial charge in [0.25, 0.3) is 0 Å². The number of nitrogen functional groups attached to an aromatic ring is 1. The maximum atomic E-state index is 16.0. The maximum absolute atomic E-state index is 16.0. The Kier molecular flexibility index (Phi) is 3.98. The molecule has 0 radical (unpaired) electrons. The van der Waals surface area contributed by atoms with E-state index >= 15 is 4.39 Å². The Morgan fingerprint density at radius 1 is 1.15 bits per heavy atom. The molecule has 0 amide bonds. The number of hydrogen-bond donors (Lipinski definition) is 2. The highest BCUT2D eigenvalue weighted by Crippen LogP contribution is 2.45. The van der Waals surface area contributed by atoms with Crippen molar-refractivity contribution >= 4 is 22.2 Å². The van der Waals surface area contributed by atoms with E-state index in [1.165, 1.54) is 6.33 Å². The van der Waals surface area contributed by atoms with E-state index in [2.05, 4.69) is 15.1 Å².